The third-order valence-electron chi connectivity index (χ3n) is 5.12. The number of aryl methyl sites for hydroxylation is 2. The van der Waals surface area contributed by atoms with Gasteiger partial charge in [-0.25, -0.2) is 8.42 Å². The van der Waals surface area contributed by atoms with Crippen LogP contribution in [0, 0.1) is 13.8 Å². The maximum absolute atomic E-state index is 12.7. The number of imide groups is 1. The van der Waals surface area contributed by atoms with Crippen LogP contribution in [-0.4, -0.2) is 24.8 Å². The molecule has 0 spiro atoms. The molecule has 2 heterocycles. The van der Waals surface area contributed by atoms with Gasteiger partial charge in [0, 0.05) is 11.8 Å². The highest BCUT2D eigenvalue weighted by Gasteiger charge is 2.31. The van der Waals surface area contributed by atoms with E-state index in [1.807, 2.05) is 19.9 Å². The number of amides is 2. The van der Waals surface area contributed by atoms with Gasteiger partial charge in [-0.1, -0.05) is 6.07 Å². The van der Waals surface area contributed by atoms with Gasteiger partial charge in [-0.15, -0.1) is 0 Å². The van der Waals surface area contributed by atoms with Gasteiger partial charge in [0.25, 0.3) is 27.4 Å². The van der Waals surface area contributed by atoms with E-state index in [-0.39, 0.29) is 27.5 Å². The number of benzene rings is 2. The van der Waals surface area contributed by atoms with Crippen molar-refractivity contribution in [3.05, 3.63) is 81.1 Å². The van der Waals surface area contributed by atoms with E-state index in [1.165, 1.54) is 24.3 Å². The van der Waals surface area contributed by atoms with Crippen LogP contribution in [0.5, 0.6) is 0 Å². The molecule has 0 saturated carbocycles. The Hall–Kier alpha value is -3.92. The van der Waals surface area contributed by atoms with Gasteiger partial charge in [0.2, 0.25) is 0 Å². The van der Waals surface area contributed by atoms with Gasteiger partial charge in [-0.05, 0) is 61.4 Å². The predicted molar refractivity (Wildman–Crippen MR) is 115 cm³/mol. The number of pyridine rings is 1. The lowest BCUT2D eigenvalue weighted by atomic mass is 10.1. The Labute approximate surface area is 177 Å². The highest BCUT2D eigenvalue weighted by atomic mass is 32.2. The standard InChI is InChI=1S/C21H18N4O5S/c1-11-3-4-13(9-12(11)2)24-31(29,30)15-7-5-14(6-8-15)25-17(26)10-16-18(19(25)22)21(28)23-20(16)27/h3-10,24H,22H2,1-2H3,(H,23,27,28). The van der Waals surface area contributed by atoms with Crippen LogP contribution in [0.4, 0.5) is 11.5 Å². The van der Waals surface area contributed by atoms with Gasteiger partial charge in [-0.3, -0.25) is 29.0 Å². The summed E-state index contributed by atoms with van der Waals surface area (Å²) in [5.41, 5.74) is 7.88. The highest BCUT2D eigenvalue weighted by Crippen LogP contribution is 2.24. The number of hydrogen-bond donors (Lipinski definition) is 3. The number of aromatic nitrogens is 1. The summed E-state index contributed by atoms with van der Waals surface area (Å²) in [5.74, 6) is -1.58. The summed E-state index contributed by atoms with van der Waals surface area (Å²) in [6.07, 6.45) is 0. The van der Waals surface area contributed by atoms with E-state index in [0.717, 1.165) is 21.8 Å². The molecule has 2 amide bonds. The second-order valence-electron chi connectivity index (χ2n) is 7.17. The maximum atomic E-state index is 12.7. The summed E-state index contributed by atoms with van der Waals surface area (Å²) in [6, 6.07) is 11.7. The van der Waals surface area contributed by atoms with Crippen LogP contribution in [0.3, 0.4) is 0 Å². The first-order valence-electron chi connectivity index (χ1n) is 9.20. The number of rotatable bonds is 4. The minimum Gasteiger partial charge on any atom is -0.384 e. The first-order valence-corrected chi connectivity index (χ1v) is 10.7. The molecule has 31 heavy (non-hydrogen) atoms. The fraction of sp³-hybridized carbons (Fsp3) is 0.0952. The molecule has 0 saturated heterocycles. The molecule has 3 aromatic rings. The molecule has 4 rings (SSSR count). The van der Waals surface area contributed by atoms with Crippen LogP contribution < -0.4 is 21.3 Å². The fourth-order valence-electron chi connectivity index (χ4n) is 3.34. The number of sulfonamides is 1. The minimum absolute atomic E-state index is 0.0184. The molecule has 1 aliphatic heterocycles. The molecule has 4 N–H and O–H groups in total. The van der Waals surface area contributed by atoms with Gasteiger partial charge in [-0.2, -0.15) is 0 Å². The van der Waals surface area contributed by atoms with Crippen molar-refractivity contribution in [1.82, 2.24) is 9.88 Å². The lowest BCUT2D eigenvalue weighted by Gasteiger charge is -2.13. The molecule has 158 valence electrons. The van der Waals surface area contributed by atoms with Crippen molar-refractivity contribution in [1.29, 1.82) is 0 Å². The average molecular weight is 438 g/mol. The molecule has 1 aromatic heterocycles. The molecule has 0 aliphatic carbocycles. The Morgan fingerprint density at radius 2 is 1.58 bits per heavy atom. The summed E-state index contributed by atoms with van der Waals surface area (Å²) in [5, 5.41) is 2.09. The van der Waals surface area contributed by atoms with E-state index in [0.29, 0.717) is 5.69 Å². The van der Waals surface area contributed by atoms with E-state index in [1.54, 1.807) is 12.1 Å². The van der Waals surface area contributed by atoms with E-state index < -0.39 is 27.4 Å². The van der Waals surface area contributed by atoms with E-state index in [9.17, 15) is 22.8 Å². The van der Waals surface area contributed by atoms with Crippen LogP contribution in [0.1, 0.15) is 31.8 Å². The second kappa shape index (κ2) is 7.10. The zero-order valence-corrected chi connectivity index (χ0v) is 17.4. The number of nitrogen functional groups attached to an aromatic ring is 1. The molecule has 9 nitrogen and oxygen atoms in total. The van der Waals surface area contributed by atoms with E-state index in [2.05, 4.69) is 10.0 Å². The first kappa shape index (κ1) is 20.4. The third-order valence-corrected chi connectivity index (χ3v) is 6.51. The molecule has 2 aromatic carbocycles. The van der Waals surface area contributed by atoms with Crippen LogP contribution in [-0.2, 0) is 10.0 Å². The number of hydrogen-bond acceptors (Lipinski definition) is 6. The molecule has 10 heteroatoms. The van der Waals surface area contributed by atoms with Crippen molar-refractivity contribution < 1.29 is 18.0 Å². The summed E-state index contributed by atoms with van der Waals surface area (Å²) in [4.78, 5) is 36.2. The quantitative estimate of drug-likeness (QED) is 0.530. The third kappa shape index (κ3) is 3.46. The molecule has 0 unspecified atom stereocenters. The van der Waals surface area contributed by atoms with Crippen LogP contribution in [0.2, 0.25) is 0 Å². The highest BCUT2D eigenvalue weighted by molar-refractivity contribution is 7.92. The van der Waals surface area contributed by atoms with Gasteiger partial charge in [0.05, 0.1) is 21.7 Å². The van der Waals surface area contributed by atoms with Crippen molar-refractivity contribution in [3.8, 4) is 5.69 Å². The zero-order valence-electron chi connectivity index (χ0n) is 16.6. The molecular weight excluding hydrogens is 420 g/mol. The van der Waals surface area contributed by atoms with Crippen molar-refractivity contribution in [2.45, 2.75) is 18.7 Å². The van der Waals surface area contributed by atoms with Crippen molar-refractivity contribution in [2.75, 3.05) is 10.5 Å². The lowest BCUT2D eigenvalue weighted by molar-refractivity contribution is 0.0880. The number of fused-ring (bicyclic) bond motifs is 1. The second-order valence-corrected chi connectivity index (χ2v) is 8.86. The number of nitrogens with one attached hydrogen (secondary N) is 2. The number of nitrogens with two attached hydrogens (primary N) is 1. The molecule has 0 fully saturated rings. The van der Waals surface area contributed by atoms with Gasteiger partial charge in [0.15, 0.2) is 0 Å². The Morgan fingerprint density at radius 1 is 0.903 bits per heavy atom. The molecule has 1 aliphatic rings. The van der Waals surface area contributed by atoms with E-state index in [4.69, 9.17) is 5.73 Å². The Balaban J connectivity index is 1.70. The summed E-state index contributed by atoms with van der Waals surface area (Å²) in [6.45, 7) is 3.81. The summed E-state index contributed by atoms with van der Waals surface area (Å²) in [7, 11) is -3.87. The van der Waals surface area contributed by atoms with E-state index >= 15 is 0 Å². The van der Waals surface area contributed by atoms with Crippen molar-refractivity contribution >= 4 is 33.3 Å². The SMILES string of the molecule is Cc1ccc(NS(=O)(=O)c2ccc(-n3c(N)c4c(cc3=O)C(=O)NC4=O)cc2)cc1C. The molecule has 0 radical (unpaired) electrons. The summed E-state index contributed by atoms with van der Waals surface area (Å²) >= 11 is 0. The number of anilines is 2. The minimum atomic E-state index is -3.87. The van der Waals surface area contributed by atoms with Crippen LogP contribution in [0.25, 0.3) is 5.69 Å². The lowest BCUT2D eigenvalue weighted by Crippen LogP contribution is -2.24. The van der Waals surface area contributed by atoms with Crippen LogP contribution >= 0.6 is 0 Å². The van der Waals surface area contributed by atoms with Gasteiger partial charge >= 0.3 is 0 Å². The Bertz CT molecular complexity index is 1420. The normalized spacial score (nSPS) is 13.1. The molecule has 0 atom stereocenters. The fourth-order valence-corrected chi connectivity index (χ4v) is 4.39. The summed E-state index contributed by atoms with van der Waals surface area (Å²) < 4.78 is 29.0. The first-order chi connectivity index (χ1) is 14.6. The van der Waals surface area contributed by atoms with Gasteiger partial charge in [0.1, 0.15) is 5.82 Å². The maximum Gasteiger partial charge on any atom is 0.262 e. The largest absolute Gasteiger partial charge is 0.384 e. The average Bonchev–Trinajstić information content (AvgIpc) is 2.98. The Kier molecular flexibility index (Phi) is 4.66. The van der Waals surface area contributed by atoms with Crippen molar-refractivity contribution in [3.63, 3.8) is 0 Å². The number of carbonyl (C=O) groups excluding carboxylic acids is 2. The molecular formula is C21H18N4O5S. The van der Waals surface area contributed by atoms with Gasteiger partial charge < -0.3 is 5.73 Å². The smallest absolute Gasteiger partial charge is 0.262 e. The Morgan fingerprint density at radius 3 is 2.23 bits per heavy atom. The zero-order chi connectivity index (χ0) is 22.5. The topological polar surface area (TPSA) is 140 Å². The number of carbonyl (C=O) groups is 2. The molecule has 0 bridgehead atoms. The predicted octanol–water partition coefficient (Wildman–Crippen LogP) is 1.72. The van der Waals surface area contributed by atoms with Crippen LogP contribution in [0.15, 0.2) is 58.2 Å². The monoisotopic (exact) mass is 438 g/mol. The van der Waals surface area contributed by atoms with Crippen molar-refractivity contribution in [2.24, 2.45) is 0 Å². The number of nitrogens with zero attached hydrogens (tertiary/aromatic N) is 1.